The second-order valence-corrected chi connectivity index (χ2v) is 3.24. The van der Waals surface area contributed by atoms with Gasteiger partial charge in [-0.1, -0.05) is 11.6 Å². The van der Waals surface area contributed by atoms with Gasteiger partial charge in [0.25, 0.3) is 6.43 Å². The zero-order valence-corrected chi connectivity index (χ0v) is 8.82. The quantitative estimate of drug-likeness (QED) is 0.863. The number of aromatic nitrogens is 1. The van der Waals surface area contributed by atoms with E-state index in [1.807, 2.05) is 0 Å². The van der Waals surface area contributed by atoms with Gasteiger partial charge < -0.3 is 10.5 Å². The van der Waals surface area contributed by atoms with Crippen LogP contribution < -0.4 is 10.5 Å². The molecule has 0 fully saturated rings. The van der Waals surface area contributed by atoms with Crippen LogP contribution in [0.25, 0.3) is 0 Å². The number of halogens is 6. The molecular formula is C8H6ClF5N2O. The van der Waals surface area contributed by atoms with Crippen LogP contribution in [0.15, 0.2) is 6.07 Å². The van der Waals surface area contributed by atoms with Gasteiger partial charge in [0.1, 0.15) is 0 Å². The average molecular weight is 277 g/mol. The predicted octanol–water partition coefficient (Wildman–Crippen LogP) is 3.03. The maximum absolute atomic E-state index is 12.5. The van der Waals surface area contributed by atoms with Crippen molar-refractivity contribution in [1.29, 1.82) is 0 Å². The molecule has 0 saturated heterocycles. The minimum Gasteiger partial charge on any atom is -0.388 e. The van der Waals surface area contributed by atoms with Crippen molar-refractivity contribution >= 4 is 11.6 Å². The summed E-state index contributed by atoms with van der Waals surface area (Å²) >= 11 is 5.49. The summed E-state index contributed by atoms with van der Waals surface area (Å²) in [4.78, 5) is 3.29. The van der Waals surface area contributed by atoms with Crippen LogP contribution in [-0.2, 0) is 6.54 Å². The fourth-order valence-electron chi connectivity index (χ4n) is 1.04. The molecule has 96 valence electrons. The number of pyridine rings is 1. The molecular weight excluding hydrogens is 271 g/mol. The van der Waals surface area contributed by atoms with E-state index in [0.717, 1.165) is 0 Å². The van der Waals surface area contributed by atoms with Crippen molar-refractivity contribution in [3.63, 3.8) is 0 Å². The molecule has 0 aliphatic rings. The van der Waals surface area contributed by atoms with Crippen molar-refractivity contribution in [2.45, 2.75) is 19.3 Å². The maximum atomic E-state index is 12.5. The Labute approximate surface area is 97.3 Å². The van der Waals surface area contributed by atoms with E-state index in [4.69, 9.17) is 17.3 Å². The number of hydrogen-bond donors (Lipinski definition) is 1. The Kier molecular flexibility index (Phi) is 4.10. The van der Waals surface area contributed by atoms with E-state index in [0.29, 0.717) is 6.07 Å². The van der Waals surface area contributed by atoms with E-state index in [9.17, 15) is 22.0 Å². The van der Waals surface area contributed by atoms with Gasteiger partial charge in [-0.05, 0) is 0 Å². The molecule has 1 aromatic rings. The van der Waals surface area contributed by atoms with E-state index >= 15 is 0 Å². The highest BCUT2D eigenvalue weighted by Crippen LogP contribution is 2.33. The summed E-state index contributed by atoms with van der Waals surface area (Å²) in [5.74, 6) is -1.02. The van der Waals surface area contributed by atoms with Crippen LogP contribution >= 0.6 is 11.6 Å². The molecule has 17 heavy (non-hydrogen) atoms. The number of ether oxygens (including phenoxy) is 1. The van der Waals surface area contributed by atoms with Crippen LogP contribution in [0.5, 0.6) is 5.88 Å². The number of alkyl halides is 5. The lowest BCUT2D eigenvalue weighted by molar-refractivity contribution is -0.276. The highest BCUT2D eigenvalue weighted by molar-refractivity contribution is 6.32. The van der Waals surface area contributed by atoms with Gasteiger partial charge in [0.2, 0.25) is 5.88 Å². The lowest BCUT2D eigenvalue weighted by Gasteiger charge is -2.12. The van der Waals surface area contributed by atoms with Gasteiger partial charge in [0.05, 0.1) is 10.7 Å². The monoisotopic (exact) mass is 276 g/mol. The Morgan fingerprint density at radius 2 is 2.00 bits per heavy atom. The summed E-state index contributed by atoms with van der Waals surface area (Å²) < 4.78 is 64.1. The first-order valence-electron chi connectivity index (χ1n) is 4.18. The van der Waals surface area contributed by atoms with Gasteiger partial charge in [-0.25, -0.2) is 13.8 Å². The van der Waals surface area contributed by atoms with Crippen molar-refractivity contribution < 1.29 is 26.7 Å². The third kappa shape index (κ3) is 3.67. The predicted molar refractivity (Wildman–Crippen MR) is 48.8 cm³/mol. The SMILES string of the molecule is NCc1nc(OC(F)(F)F)cc(C(F)F)c1Cl. The Hall–Kier alpha value is -1.15. The van der Waals surface area contributed by atoms with Crippen molar-refractivity contribution in [2.75, 3.05) is 0 Å². The molecule has 3 nitrogen and oxygen atoms in total. The lowest BCUT2D eigenvalue weighted by atomic mass is 10.2. The summed E-state index contributed by atoms with van der Waals surface area (Å²) in [5.41, 5.74) is 4.03. The average Bonchev–Trinajstić information content (AvgIpc) is 2.17. The smallest absolute Gasteiger partial charge is 0.388 e. The fourth-order valence-corrected chi connectivity index (χ4v) is 1.30. The molecule has 2 N–H and O–H groups in total. The molecule has 0 aromatic carbocycles. The van der Waals surface area contributed by atoms with Crippen molar-refractivity contribution in [1.82, 2.24) is 4.98 Å². The zero-order chi connectivity index (χ0) is 13.2. The van der Waals surface area contributed by atoms with Gasteiger partial charge in [0.15, 0.2) is 0 Å². The summed E-state index contributed by atoms with van der Waals surface area (Å²) in [6.07, 6.45) is -8.07. The first-order chi connectivity index (χ1) is 7.74. The highest BCUT2D eigenvalue weighted by atomic mass is 35.5. The van der Waals surface area contributed by atoms with E-state index < -0.39 is 29.3 Å². The van der Waals surface area contributed by atoms with Crippen LogP contribution in [0.2, 0.25) is 5.02 Å². The number of nitrogens with two attached hydrogens (primary N) is 1. The Morgan fingerprint density at radius 1 is 1.41 bits per heavy atom. The molecule has 0 atom stereocenters. The van der Waals surface area contributed by atoms with E-state index in [2.05, 4.69) is 9.72 Å². The number of hydrogen-bond acceptors (Lipinski definition) is 3. The van der Waals surface area contributed by atoms with Gasteiger partial charge in [-0.2, -0.15) is 0 Å². The van der Waals surface area contributed by atoms with Crippen LogP contribution in [-0.4, -0.2) is 11.3 Å². The molecule has 0 saturated carbocycles. The molecule has 0 radical (unpaired) electrons. The third-order valence-electron chi connectivity index (χ3n) is 1.68. The van der Waals surface area contributed by atoms with Gasteiger partial charge in [-0.15, -0.1) is 13.2 Å². The molecule has 1 rings (SSSR count). The van der Waals surface area contributed by atoms with Crippen molar-refractivity contribution in [2.24, 2.45) is 5.73 Å². The molecule has 0 unspecified atom stereocenters. The Balaban J connectivity index is 3.21. The zero-order valence-electron chi connectivity index (χ0n) is 8.06. The standard InChI is InChI=1S/C8H6ClF5N2O/c9-6-3(7(10)11)1-5(16-4(6)2-15)17-8(12,13)14/h1,7H,2,15H2. The highest BCUT2D eigenvalue weighted by Gasteiger charge is 2.32. The molecule has 0 spiro atoms. The lowest BCUT2D eigenvalue weighted by Crippen LogP contribution is -2.19. The van der Waals surface area contributed by atoms with E-state index in [-0.39, 0.29) is 12.2 Å². The van der Waals surface area contributed by atoms with Crippen LogP contribution in [0.4, 0.5) is 22.0 Å². The minimum atomic E-state index is -5.02. The van der Waals surface area contributed by atoms with Crippen LogP contribution in [0, 0.1) is 0 Å². The van der Waals surface area contributed by atoms with Crippen molar-refractivity contribution in [3.05, 3.63) is 22.3 Å². The largest absolute Gasteiger partial charge is 0.574 e. The summed E-state index contributed by atoms with van der Waals surface area (Å²) in [5, 5.41) is -0.461. The molecule has 1 aromatic heterocycles. The molecule has 0 amide bonds. The number of nitrogens with zero attached hydrogens (tertiary/aromatic N) is 1. The Bertz CT molecular complexity index is 410. The van der Waals surface area contributed by atoms with Crippen molar-refractivity contribution in [3.8, 4) is 5.88 Å². The topological polar surface area (TPSA) is 48.1 Å². The first kappa shape index (κ1) is 13.9. The molecule has 0 bridgehead atoms. The molecule has 1 heterocycles. The molecule has 0 aliphatic heterocycles. The maximum Gasteiger partial charge on any atom is 0.574 e. The van der Waals surface area contributed by atoms with E-state index in [1.165, 1.54) is 0 Å². The summed E-state index contributed by atoms with van der Waals surface area (Å²) in [6, 6.07) is 0.430. The van der Waals surface area contributed by atoms with Crippen LogP contribution in [0.3, 0.4) is 0 Å². The normalized spacial score (nSPS) is 12.0. The minimum absolute atomic E-state index is 0.288. The molecule has 0 aliphatic carbocycles. The third-order valence-corrected chi connectivity index (χ3v) is 2.12. The van der Waals surface area contributed by atoms with Crippen LogP contribution in [0.1, 0.15) is 17.7 Å². The fraction of sp³-hybridized carbons (Fsp3) is 0.375. The summed E-state index contributed by atoms with van der Waals surface area (Å²) in [6.45, 7) is -0.381. The molecule has 9 heteroatoms. The second kappa shape index (κ2) is 5.01. The number of rotatable bonds is 3. The van der Waals surface area contributed by atoms with Gasteiger partial charge >= 0.3 is 6.36 Å². The van der Waals surface area contributed by atoms with E-state index in [1.54, 1.807) is 0 Å². The Morgan fingerprint density at radius 3 is 2.41 bits per heavy atom. The van der Waals surface area contributed by atoms with Gasteiger partial charge in [0, 0.05) is 18.2 Å². The second-order valence-electron chi connectivity index (χ2n) is 2.86. The first-order valence-corrected chi connectivity index (χ1v) is 4.55. The summed E-state index contributed by atoms with van der Waals surface area (Å²) in [7, 11) is 0. The van der Waals surface area contributed by atoms with Gasteiger partial charge in [-0.3, -0.25) is 0 Å².